The van der Waals surface area contributed by atoms with Gasteiger partial charge in [-0.3, -0.25) is 4.31 Å². The number of rotatable bonds is 1. The van der Waals surface area contributed by atoms with Crippen molar-refractivity contribution in [1.82, 2.24) is 4.31 Å². The van der Waals surface area contributed by atoms with Crippen molar-refractivity contribution in [2.75, 3.05) is 20.2 Å². The molecule has 1 aliphatic heterocycles. The minimum Gasteiger partial charge on any atom is -0.380 e. The van der Waals surface area contributed by atoms with Crippen molar-refractivity contribution in [3.63, 3.8) is 0 Å². The third kappa shape index (κ3) is 1.37. The second-order valence-electron chi connectivity index (χ2n) is 2.06. The van der Waals surface area contributed by atoms with Crippen molar-refractivity contribution in [2.45, 2.75) is 12.5 Å². The van der Waals surface area contributed by atoms with Gasteiger partial charge in [-0.05, 0) is 6.42 Å². The van der Waals surface area contributed by atoms with E-state index in [0.717, 1.165) is 19.5 Å². The zero-order valence-electron chi connectivity index (χ0n) is 5.00. The van der Waals surface area contributed by atoms with Crippen LogP contribution in [0.2, 0.25) is 0 Å². The molecule has 2 nitrogen and oxygen atoms in total. The van der Waals surface area contributed by atoms with Gasteiger partial charge in [-0.1, -0.05) is 12.8 Å². The lowest BCUT2D eigenvalue weighted by Crippen LogP contribution is -2.13. The van der Waals surface area contributed by atoms with Crippen molar-refractivity contribution in [1.29, 1.82) is 0 Å². The van der Waals surface area contributed by atoms with E-state index in [-0.39, 0.29) is 0 Å². The summed E-state index contributed by atoms with van der Waals surface area (Å²) in [6.07, 6.45) is 1.55. The molecule has 0 aromatic heterocycles. The van der Waals surface area contributed by atoms with Gasteiger partial charge in [0.1, 0.15) is 0 Å². The highest BCUT2D eigenvalue weighted by molar-refractivity contribution is 7.77. The van der Waals surface area contributed by atoms with Crippen LogP contribution in [0.4, 0.5) is 0 Å². The summed E-state index contributed by atoms with van der Waals surface area (Å²) in [5.74, 6) is 0. The van der Waals surface area contributed by atoms with Crippen molar-refractivity contribution in [3.05, 3.63) is 0 Å². The molecule has 1 heterocycles. The summed E-state index contributed by atoms with van der Waals surface area (Å²) in [7, 11) is 1.75. The van der Waals surface area contributed by atoms with Crippen molar-refractivity contribution in [2.24, 2.45) is 0 Å². The molecule has 0 aromatic rings. The molecular weight excluding hydrogens is 122 g/mol. The molecule has 1 rings (SSSR count). The Kier molecular flexibility index (Phi) is 2.16. The van der Waals surface area contributed by atoms with Gasteiger partial charge in [0, 0.05) is 20.2 Å². The molecule has 0 saturated carbocycles. The molecule has 0 bridgehead atoms. The lowest BCUT2D eigenvalue weighted by Gasteiger charge is -2.05. The van der Waals surface area contributed by atoms with Crippen LogP contribution in [0.5, 0.6) is 0 Å². The summed E-state index contributed by atoms with van der Waals surface area (Å²) < 4.78 is 7.07. The third-order valence-electron chi connectivity index (χ3n) is 1.46. The summed E-state index contributed by atoms with van der Waals surface area (Å²) in [5.41, 5.74) is 0. The summed E-state index contributed by atoms with van der Waals surface area (Å²) in [5, 5.41) is 0. The molecule has 0 N–H and O–H groups in total. The van der Waals surface area contributed by atoms with E-state index in [9.17, 15) is 0 Å². The maximum atomic E-state index is 5.09. The summed E-state index contributed by atoms with van der Waals surface area (Å²) in [6.45, 7) is 2.03. The van der Waals surface area contributed by atoms with E-state index >= 15 is 0 Å². The van der Waals surface area contributed by atoms with Crippen molar-refractivity contribution < 1.29 is 4.74 Å². The van der Waals surface area contributed by atoms with E-state index in [0.29, 0.717) is 6.10 Å². The summed E-state index contributed by atoms with van der Waals surface area (Å²) in [4.78, 5) is 0. The van der Waals surface area contributed by atoms with E-state index in [1.54, 1.807) is 7.11 Å². The number of nitrogens with zero attached hydrogens (tertiary/aromatic N) is 1. The highest BCUT2D eigenvalue weighted by atomic mass is 32.1. The van der Waals surface area contributed by atoms with Crippen LogP contribution in [-0.2, 0) is 4.74 Å². The van der Waals surface area contributed by atoms with Gasteiger partial charge in [0.05, 0.1) is 6.10 Å². The van der Waals surface area contributed by atoms with Gasteiger partial charge < -0.3 is 4.74 Å². The minimum atomic E-state index is 0.424. The number of methoxy groups -OCH3 is 1. The predicted octanol–water partition coefficient (Wildman–Crippen LogP) is 0.552. The zero-order valence-corrected chi connectivity index (χ0v) is 5.90. The lowest BCUT2D eigenvalue weighted by molar-refractivity contribution is 0.116. The first-order chi connectivity index (χ1) is 3.83. The topological polar surface area (TPSA) is 12.5 Å². The van der Waals surface area contributed by atoms with E-state index in [1.165, 1.54) is 0 Å². The van der Waals surface area contributed by atoms with E-state index in [2.05, 4.69) is 12.8 Å². The second-order valence-corrected chi connectivity index (χ2v) is 2.62. The Morgan fingerprint density at radius 3 is 2.75 bits per heavy atom. The van der Waals surface area contributed by atoms with E-state index < -0.39 is 0 Å². The minimum absolute atomic E-state index is 0.424. The zero-order chi connectivity index (χ0) is 5.98. The SMILES string of the molecule is COC1CCN(S)C1. The molecule has 0 aliphatic carbocycles. The molecule has 1 fully saturated rings. The van der Waals surface area contributed by atoms with Crippen LogP contribution in [0.1, 0.15) is 6.42 Å². The first-order valence-corrected chi connectivity index (χ1v) is 3.19. The first-order valence-electron chi connectivity index (χ1n) is 2.79. The van der Waals surface area contributed by atoms with Crippen LogP contribution < -0.4 is 0 Å². The quantitative estimate of drug-likeness (QED) is 0.524. The predicted molar refractivity (Wildman–Crippen MR) is 36.0 cm³/mol. The summed E-state index contributed by atoms with van der Waals surface area (Å²) >= 11 is 4.16. The van der Waals surface area contributed by atoms with Crippen molar-refractivity contribution in [3.8, 4) is 0 Å². The molecule has 0 spiro atoms. The highest BCUT2D eigenvalue weighted by Gasteiger charge is 2.18. The fraction of sp³-hybridized carbons (Fsp3) is 1.00. The molecular formula is C5H11NOS. The Hall–Kier alpha value is 0.270. The first kappa shape index (κ1) is 6.39. The molecule has 48 valence electrons. The lowest BCUT2D eigenvalue weighted by atomic mass is 10.3. The van der Waals surface area contributed by atoms with Crippen LogP contribution in [0.15, 0.2) is 0 Å². The molecule has 1 aliphatic rings. The number of hydrogen-bond donors (Lipinski definition) is 1. The highest BCUT2D eigenvalue weighted by Crippen LogP contribution is 2.12. The third-order valence-corrected chi connectivity index (χ3v) is 1.82. The molecule has 1 saturated heterocycles. The molecule has 0 amide bonds. The molecule has 1 unspecified atom stereocenters. The van der Waals surface area contributed by atoms with Gasteiger partial charge >= 0.3 is 0 Å². The fourth-order valence-electron chi connectivity index (χ4n) is 0.903. The number of hydrogen-bond acceptors (Lipinski definition) is 3. The van der Waals surface area contributed by atoms with Gasteiger partial charge in [0.15, 0.2) is 0 Å². The molecule has 0 radical (unpaired) electrons. The molecule has 1 atom stereocenters. The van der Waals surface area contributed by atoms with Crippen LogP contribution >= 0.6 is 12.8 Å². The Morgan fingerprint density at radius 1 is 1.75 bits per heavy atom. The van der Waals surface area contributed by atoms with Gasteiger partial charge in [-0.2, -0.15) is 0 Å². The standard InChI is InChI=1S/C5H11NOS/c1-7-5-2-3-6(8)4-5/h5,8H,2-4H2,1H3. The average Bonchev–Trinajstić information content (AvgIpc) is 2.14. The van der Waals surface area contributed by atoms with Crippen molar-refractivity contribution >= 4 is 12.8 Å². The molecule has 3 heteroatoms. The average molecular weight is 133 g/mol. The number of ether oxygens (including phenoxy) is 1. The molecule has 8 heavy (non-hydrogen) atoms. The van der Waals surface area contributed by atoms with Gasteiger partial charge in [-0.25, -0.2) is 0 Å². The Balaban J connectivity index is 2.22. The van der Waals surface area contributed by atoms with Gasteiger partial charge in [-0.15, -0.1) is 0 Å². The van der Waals surface area contributed by atoms with Gasteiger partial charge in [0.25, 0.3) is 0 Å². The maximum Gasteiger partial charge on any atom is 0.0720 e. The maximum absolute atomic E-state index is 5.09. The number of thiol groups is 1. The Labute approximate surface area is 55.4 Å². The van der Waals surface area contributed by atoms with Crippen LogP contribution in [0.3, 0.4) is 0 Å². The van der Waals surface area contributed by atoms with Gasteiger partial charge in [0.2, 0.25) is 0 Å². The van der Waals surface area contributed by atoms with Crippen LogP contribution in [0.25, 0.3) is 0 Å². The Bertz CT molecular complexity index is 78.8. The van der Waals surface area contributed by atoms with Crippen LogP contribution in [0, 0.1) is 0 Å². The monoisotopic (exact) mass is 133 g/mol. The van der Waals surface area contributed by atoms with Crippen LogP contribution in [-0.4, -0.2) is 30.6 Å². The Morgan fingerprint density at radius 2 is 2.50 bits per heavy atom. The van der Waals surface area contributed by atoms with E-state index in [4.69, 9.17) is 4.74 Å². The normalized spacial score (nSPS) is 31.5. The van der Waals surface area contributed by atoms with E-state index in [1.807, 2.05) is 4.31 Å². The fourth-order valence-corrected chi connectivity index (χ4v) is 1.20. The summed E-state index contributed by atoms with van der Waals surface area (Å²) in [6, 6.07) is 0. The molecule has 0 aromatic carbocycles. The largest absolute Gasteiger partial charge is 0.380 e. The smallest absolute Gasteiger partial charge is 0.0720 e. The second kappa shape index (κ2) is 2.71.